The topological polar surface area (TPSA) is 80.2 Å². The third-order valence-electron chi connectivity index (χ3n) is 4.94. The van der Waals surface area contributed by atoms with Crippen LogP contribution >= 0.6 is 0 Å². The van der Waals surface area contributed by atoms with Crippen molar-refractivity contribution in [2.75, 3.05) is 23.8 Å². The second-order valence-electron chi connectivity index (χ2n) is 7.01. The normalized spacial score (nSPS) is 12.8. The van der Waals surface area contributed by atoms with E-state index in [0.717, 1.165) is 11.0 Å². The van der Waals surface area contributed by atoms with Gasteiger partial charge in [0.05, 0.1) is 16.8 Å². The van der Waals surface area contributed by atoms with Gasteiger partial charge in [0.2, 0.25) is 5.88 Å². The van der Waals surface area contributed by atoms with Crippen LogP contribution in [-0.2, 0) is 12.6 Å². The summed E-state index contributed by atoms with van der Waals surface area (Å²) in [6.45, 7) is 2.30. The number of rotatable bonds is 4. The lowest BCUT2D eigenvalue weighted by molar-refractivity contribution is -0.137. The Balaban J connectivity index is 1.59. The Hall–Kier alpha value is -3.69. The molecule has 0 fully saturated rings. The first kappa shape index (κ1) is 20.6. The zero-order valence-corrected chi connectivity index (χ0v) is 16.7. The standard InChI is InChI=1S/C21H18F3N5O2/c1-12-17(4-3-8-25-12)31-19-6-5-18(27-28-19)29(2)20(30)14-10-13-7-9-26-16(13)11-15(14)21(22,23)24/h3-6,8,10-11,26H,7,9H2,1-2H3. The van der Waals surface area contributed by atoms with Gasteiger partial charge in [0.25, 0.3) is 5.91 Å². The summed E-state index contributed by atoms with van der Waals surface area (Å²) in [4.78, 5) is 18.1. The van der Waals surface area contributed by atoms with Gasteiger partial charge in [0.1, 0.15) is 0 Å². The molecule has 1 amide bonds. The molecule has 0 radical (unpaired) electrons. The van der Waals surface area contributed by atoms with Gasteiger partial charge >= 0.3 is 6.18 Å². The Kier molecular flexibility index (Phi) is 5.22. The summed E-state index contributed by atoms with van der Waals surface area (Å²) in [5.41, 5.74) is 0.319. The van der Waals surface area contributed by atoms with Crippen molar-refractivity contribution in [1.29, 1.82) is 0 Å². The fourth-order valence-corrected chi connectivity index (χ4v) is 3.28. The lowest BCUT2D eigenvalue weighted by Gasteiger charge is -2.20. The molecule has 1 aliphatic rings. The Labute approximate surface area is 175 Å². The number of fused-ring (bicyclic) bond motifs is 1. The van der Waals surface area contributed by atoms with Crippen molar-refractivity contribution in [3.05, 3.63) is 65.0 Å². The third kappa shape index (κ3) is 4.14. The molecule has 2 aromatic heterocycles. The summed E-state index contributed by atoms with van der Waals surface area (Å²) in [6, 6.07) is 8.65. The maximum Gasteiger partial charge on any atom is 0.417 e. The fourth-order valence-electron chi connectivity index (χ4n) is 3.28. The number of nitrogens with one attached hydrogen (secondary N) is 1. The lowest BCUT2D eigenvalue weighted by atomic mass is 10.0. The molecule has 0 bridgehead atoms. The zero-order valence-electron chi connectivity index (χ0n) is 16.7. The molecule has 1 aromatic carbocycles. The van der Waals surface area contributed by atoms with Crippen LogP contribution in [0.1, 0.15) is 27.2 Å². The van der Waals surface area contributed by atoms with Crippen molar-refractivity contribution >= 4 is 17.4 Å². The number of aryl methyl sites for hydroxylation is 1. The van der Waals surface area contributed by atoms with Crippen LogP contribution in [0.4, 0.5) is 24.7 Å². The van der Waals surface area contributed by atoms with E-state index in [9.17, 15) is 18.0 Å². The van der Waals surface area contributed by atoms with Gasteiger partial charge in [-0.3, -0.25) is 14.7 Å². The van der Waals surface area contributed by atoms with E-state index in [-0.39, 0.29) is 11.7 Å². The maximum atomic E-state index is 13.6. The summed E-state index contributed by atoms with van der Waals surface area (Å²) in [5.74, 6) is -0.0732. The molecule has 3 aromatic rings. The van der Waals surface area contributed by atoms with Gasteiger partial charge in [-0.1, -0.05) is 0 Å². The van der Waals surface area contributed by atoms with Gasteiger partial charge in [0.15, 0.2) is 11.6 Å². The van der Waals surface area contributed by atoms with Crippen molar-refractivity contribution in [3.8, 4) is 11.6 Å². The molecule has 0 saturated heterocycles. The first-order valence-corrected chi connectivity index (χ1v) is 9.43. The van der Waals surface area contributed by atoms with Crippen molar-refractivity contribution in [2.24, 2.45) is 0 Å². The van der Waals surface area contributed by atoms with Crippen molar-refractivity contribution < 1.29 is 22.7 Å². The fraction of sp³-hybridized carbons (Fsp3) is 0.238. The third-order valence-corrected chi connectivity index (χ3v) is 4.94. The highest BCUT2D eigenvalue weighted by Crippen LogP contribution is 2.37. The van der Waals surface area contributed by atoms with Crippen molar-refractivity contribution in [2.45, 2.75) is 19.5 Å². The second kappa shape index (κ2) is 7.86. The SMILES string of the molecule is Cc1ncccc1Oc1ccc(N(C)C(=O)c2cc3c(cc2C(F)(F)F)NCC3)nn1. The Bertz CT molecular complexity index is 1130. The molecule has 0 spiro atoms. The molecule has 1 aliphatic heterocycles. The average molecular weight is 429 g/mol. The molecule has 0 aliphatic carbocycles. The molecular formula is C21H18F3N5O2. The number of pyridine rings is 1. The highest BCUT2D eigenvalue weighted by Gasteiger charge is 2.37. The number of anilines is 2. The minimum atomic E-state index is -4.67. The summed E-state index contributed by atoms with van der Waals surface area (Å²) in [7, 11) is 1.35. The van der Waals surface area contributed by atoms with E-state index in [0.29, 0.717) is 35.7 Å². The van der Waals surface area contributed by atoms with Gasteiger partial charge < -0.3 is 10.1 Å². The lowest BCUT2D eigenvalue weighted by Crippen LogP contribution is -2.29. The molecule has 0 saturated carbocycles. The number of aromatic nitrogens is 3. The van der Waals surface area contributed by atoms with Crippen LogP contribution in [0.25, 0.3) is 0 Å². The van der Waals surface area contributed by atoms with Crippen LogP contribution in [0.5, 0.6) is 11.6 Å². The number of nitrogens with zero attached hydrogens (tertiary/aromatic N) is 4. The predicted molar refractivity (Wildman–Crippen MR) is 107 cm³/mol. The largest absolute Gasteiger partial charge is 0.436 e. The molecule has 1 N–H and O–H groups in total. The first-order valence-electron chi connectivity index (χ1n) is 9.43. The minimum absolute atomic E-state index is 0.0898. The molecule has 7 nitrogen and oxygen atoms in total. The summed E-state index contributed by atoms with van der Waals surface area (Å²) in [6.07, 6.45) is -2.49. The first-order chi connectivity index (χ1) is 14.7. The van der Waals surface area contributed by atoms with Crippen molar-refractivity contribution in [1.82, 2.24) is 15.2 Å². The summed E-state index contributed by atoms with van der Waals surface area (Å²) < 4.78 is 46.4. The Morgan fingerprint density at radius 1 is 1.19 bits per heavy atom. The smallest absolute Gasteiger partial charge is 0.417 e. The molecular weight excluding hydrogens is 411 g/mol. The van der Waals surface area contributed by atoms with Gasteiger partial charge in [-0.15, -0.1) is 10.2 Å². The molecule has 3 heterocycles. The number of benzene rings is 1. The van der Waals surface area contributed by atoms with E-state index in [1.54, 1.807) is 25.3 Å². The number of alkyl halides is 3. The van der Waals surface area contributed by atoms with Gasteiger partial charge in [-0.25, -0.2) is 0 Å². The Morgan fingerprint density at radius 2 is 2.00 bits per heavy atom. The zero-order chi connectivity index (χ0) is 22.2. The second-order valence-corrected chi connectivity index (χ2v) is 7.01. The molecule has 4 rings (SSSR count). The van der Waals surface area contributed by atoms with E-state index in [1.807, 2.05) is 0 Å². The van der Waals surface area contributed by atoms with E-state index in [4.69, 9.17) is 4.74 Å². The quantitative estimate of drug-likeness (QED) is 0.669. The average Bonchev–Trinajstić information content (AvgIpc) is 3.21. The van der Waals surface area contributed by atoms with Crippen LogP contribution in [0.3, 0.4) is 0 Å². The number of amides is 1. The summed E-state index contributed by atoms with van der Waals surface area (Å²) >= 11 is 0. The van der Waals surface area contributed by atoms with Crippen LogP contribution in [0, 0.1) is 6.92 Å². The number of halogens is 3. The van der Waals surface area contributed by atoms with Gasteiger partial charge in [0, 0.05) is 31.5 Å². The number of ether oxygens (including phenoxy) is 1. The Morgan fingerprint density at radius 3 is 2.68 bits per heavy atom. The number of hydrogen-bond acceptors (Lipinski definition) is 6. The molecule has 31 heavy (non-hydrogen) atoms. The molecule has 160 valence electrons. The number of carbonyl (C=O) groups is 1. The maximum absolute atomic E-state index is 13.6. The van der Waals surface area contributed by atoms with Gasteiger partial charge in [-0.2, -0.15) is 13.2 Å². The summed E-state index contributed by atoms with van der Waals surface area (Å²) in [5, 5.41) is 10.8. The van der Waals surface area contributed by atoms with Crippen molar-refractivity contribution in [3.63, 3.8) is 0 Å². The number of hydrogen-bond donors (Lipinski definition) is 1. The van der Waals surface area contributed by atoms with Crippen LogP contribution < -0.4 is 15.0 Å². The van der Waals surface area contributed by atoms with E-state index >= 15 is 0 Å². The highest BCUT2D eigenvalue weighted by atomic mass is 19.4. The molecule has 10 heteroatoms. The van der Waals surface area contributed by atoms with Crippen LogP contribution in [-0.4, -0.2) is 34.7 Å². The monoisotopic (exact) mass is 429 g/mol. The number of carbonyl (C=O) groups excluding carboxylic acids is 1. The van der Waals surface area contributed by atoms with E-state index < -0.39 is 23.2 Å². The van der Waals surface area contributed by atoms with Gasteiger partial charge in [-0.05, 0) is 49.2 Å². The minimum Gasteiger partial charge on any atom is -0.436 e. The van der Waals surface area contributed by atoms with E-state index in [2.05, 4.69) is 20.5 Å². The van der Waals surface area contributed by atoms with Crippen LogP contribution in [0.15, 0.2) is 42.6 Å². The highest BCUT2D eigenvalue weighted by molar-refractivity contribution is 6.06. The van der Waals surface area contributed by atoms with Crippen LogP contribution in [0.2, 0.25) is 0 Å². The molecule has 0 unspecified atom stereocenters. The van der Waals surface area contributed by atoms with E-state index in [1.165, 1.54) is 25.2 Å². The molecule has 0 atom stereocenters. The predicted octanol–water partition coefficient (Wildman–Crippen LogP) is 4.24.